The summed E-state index contributed by atoms with van der Waals surface area (Å²) in [5.41, 5.74) is 4.95. The Hall–Kier alpha value is -2.70. The molecule has 20 heavy (non-hydrogen) atoms. The zero-order valence-corrected chi connectivity index (χ0v) is 10.6. The van der Waals surface area contributed by atoms with Gasteiger partial charge in [0.25, 0.3) is 5.91 Å². The van der Waals surface area contributed by atoms with Crippen LogP contribution in [0, 0.1) is 5.82 Å². The minimum absolute atomic E-state index is 0.207. The van der Waals surface area contributed by atoms with Crippen LogP contribution in [0.5, 0.6) is 0 Å². The lowest BCUT2D eigenvalue weighted by Crippen LogP contribution is -2.42. The summed E-state index contributed by atoms with van der Waals surface area (Å²) in [7, 11) is 0. The molecule has 0 radical (unpaired) electrons. The molecule has 0 spiro atoms. The number of nitrogens with one attached hydrogen (secondary N) is 1. The van der Waals surface area contributed by atoms with Gasteiger partial charge in [-0.1, -0.05) is 18.2 Å². The number of ether oxygens (including phenoxy) is 1. The summed E-state index contributed by atoms with van der Waals surface area (Å²) >= 11 is 0. The zero-order valence-electron chi connectivity index (χ0n) is 10.6. The maximum atomic E-state index is 13.3. The predicted octanol–water partition coefficient (Wildman–Crippen LogP) is 0.966. The molecule has 0 aromatic heterocycles. The normalized spacial score (nSPS) is 11.9. The molecule has 0 bridgehead atoms. The second-order valence-corrected chi connectivity index (χ2v) is 3.79. The third kappa shape index (κ3) is 4.89. The minimum Gasteiger partial charge on any atom is -0.449 e. The van der Waals surface area contributed by atoms with Crippen LogP contribution in [0.15, 0.2) is 30.3 Å². The Labute approximate surface area is 114 Å². The van der Waals surface area contributed by atoms with Crippen LogP contribution in [-0.2, 0) is 14.3 Å². The molecule has 0 fully saturated rings. The van der Waals surface area contributed by atoms with E-state index in [4.69, 9.17) is 10.5 Å². The average Bonchev–Trinajstić information content (AvgIpc) is 2.37. The van der Waals surface area contributed by atoms with Gasteiger partial charge in [0, 0.05) is 11.6 Å². The van der Waals surface area contributed by atoms with E-state index in [1.807, 2.05) is 0 Å². The molecule has 6 nitrogen and oxygen atoms in total. The van der Waals surface area contributed by atoms with Gasteiger partial charge in [0.1, 0.15) is 5.82 Å². The van der Waals surface area contributed by atoms with Crippen LogP contribution in [0.4, 0.5) is 9.18 Å². The summed E-state index contributed by atoms with van der Waals surface area (Å²) in [6.45, 7) is 1.27. The topological polar surface area (TPSA) is 98.5 Å². The fourth-order valence-electron chi connectivity index (χ4n) is 1.26. The van der Waals surface area contributed by atoms with Crippen LogP contribution < -0.4 is 11.1 Å². The zero-order chi connectivity index (χ0) is 15.1. The molecule has 106 valence electrons. The van der Waals surface area contributed by atoms with Crippen molar-refractivity contribution in [3.05, 3.63) is 41.7 Å². The lowest BCUT2D eigenvalue weighted by molar-refractivity contribution is -0.149. The van der Waals surface area contributed by atoms with Gasteiger partial charge in [0.05, 0.1) is 0 Å². The standard InChI is InChI=1S/C13H13FN2O4/c1-8(12(18)16-13(15)19)20-11(17)7-6-9-4-2-3-5-10(9)14/h2-8H,1H3,(H3,15,16,18,19)/b7-6+/t8-/m1/s1. The van der Waals surface area contributed by atoms with E-state index in [1.54, 1.807) is 11.4 Å². The van der Waals surface area contributed by atoms with Gasteiger partial charge in [0.15, 0.2) is 6.10 Å². The molecule has 1 aromatic rings. The smallest absolute Gasteiger partial charge is 0.331 e. The molecule has 1 rings (SSSR count). The molecule has 0 unspecified atom stereocenters. The first-order valence-corrected chi connectivity index (χ1v) is 5.63. The highest BCUT2D eigenvalue weighted by Gasteiger charge is 2.17. The van der Waals surface area contributed by atoms with Crippen LogP contribution in [0.25, 0.3) is 6.08 Å². The first-order chi connectivity index (χ1) is 9.40. The quantitative estimate of drug-likeness (QED) is 0.634. The van der Waals surface area contributed by atoms with Gasteiger partial charge in [-0.2, -0.15) is 0 Å². The van der Waals surface area contributed by atoms with E-state index >= 15 is 0 Å². The van der Waals surface area contributed by atoms with Crippen molar-refractivity contribution in [1.82, 2.24) is 5.32 Å². The summed E-state index contributed by atoms with van der Waals surface area (Å²) in [4.78, 5) is 33.1. The van der Waals surface area contributed by atoms with Gasteiger partial charge in [-0.15, -0.1) is 0 Å². The first kappa shape index (κ1) is 15.4. The number of carbonyl (C=O) groups excluding carboxylic acids is 3. The minimum atomic E-state index is -1.19. The molecule has 1 aromatic carbocycles. The molecule has 0 heterocycles. The van der Waals surface area contributed by atoms with Gasteiger partial charge < -0.3 is 10.5 Å². The molecule has 7 heteroatoms. The molecule has 1 atom stereocenters. The highest BCUT2D eigenvalue weighted by molar-refractivity contribution is 5.97. The van der Waals surface area contributed by atoms with Crippen LogP contribution >= 0.6 is 0 Å². The van der Waals surface area contributed by atoms with Crippen LogP contribution in [0.2, 0.25) is 0 Å². The lowest BCUT2D eigenvalue weighted by atomic mass is 10.2. The summed E-state index contributed by atoms with van der Waals surface area (Å²) in [6.07, 6.45) is 1.00. The van der Waals surface area contributed by atoms with E-state index in [-0.39, 0.29) is 5.56 Å². The van der Waals surface area contributed by atoms with Crippen molar-refractivity contribution < 1.29 is 23.5 Å². The molecule has 0 aliphatic rings. The Balaban J connectivity index is 2.58. The van der Waals surface area contributed by atoms with E-state index in [0.717, 1.165) is 6.08 Å². The molecular weight excluding hydrogens is 267 g/mol. The third-order valence-electron chi connectivity index (χ3n) is 2.21. The van der Waals surface area contributed by atoms with Gasteiger partial charge in [-0.05, 0) is 19.1 Å². The molecule has 0 aliphatic carbocycles. The number of urea groups is 1. The Morgan fingerprint density at radius 1 is 1.35 bits per heavy atom. The van der Waals surface area contributed by atoms with Gasteiger partial charge in [-0.3, -0.25) is 10.1 Å². The number of hydrogen-bond acceptors (Lipinski definition) is 4. The Morgan fingerprint density at radius 2 is 2.00 bits per heavy atom. The number of nitrogens with two attached hydrogens (primary N) is 1. The van der Waals surface area contributed by atoms with Gasteiger partial charge in [0.2, 0.25) is 0 Å². The molecule has 0 aliphatic heterocycles. The summed E-state index contributed by atoms with van der Waals surface area (Å²) < 4.78 is 18.0. The Morgan fingerprint density at radius 3 is 2.60 bits per heavy atom. The number of hydrogen-bond donors (Lipinski definition) is 2. The highest BCUT2D eigenvalue weighted by Crippen LogP contribution is 2.08. The molecular formula is C13H13FN2O4. The van der Waals surface area contributed by atoms with E-state index in [9.17, 15) is 18.8 Å². The number of esters is 1. The summed E-state index contributed by atoms with van der Waals surface area (Å²) in [6, 6.07) is 4.80. The van der Waals surface area contributed by atoms with Crippen molar-refractivity contribution in [1.29, 1.82) is 0 Å². The number of primary amides is 1. The van der Waals surface area contributed by atoms with Crippen molar-refractivity contribution in [3.8, 4) is 0 Å². The number of carbonyl (C=O) groups is 3. The van der Waals surface area contributed by atoms with Crippen LogP contribution in [0.1, 0.15) is 12.5 Å². The van der Waals surface area contributed by atoms with Gasteiger partial charge >= 0.3 is 12.0 Å². The van der Waals surface area contributed by atoms with Crippen molar-refractivity contribution in [2.75, 3.05) is 0 Å². The number of halogens is 1. The van der Waals surface area contributed by atoms with Crippen LogP contribution in [-0.4, -0.2) is 24.0 Å². The summed E-state index contributed by atoms with van der Waals surface area (Å²) in [5, 5.41) is 1.77. The fourth-order valence-corrected chi connectivity index (χ4v) is 1.26. The van der Waals surface area contributed by atoms with Crippen molar-refractivity contribution in [2.45, 2.75) is 13.0 Å². The van der Waals surface area contributed by atoms with E-state index < -0.39 is 29.8 Å². The Kier molecular flexibility index (Phi) is 5.40. The molecule has 3 amide bonds. The van der Waals surface area contributed by atoms with E-state index in [1.165, 1.54) is 31.2 Å². The van der Waals surface area contributed by atoms with Gasteiger partial charge in [-0.25, -0.2) is 14.0 Å². The monoisotopic (exact) mass is 280 g/mol. The van der Waals surface area contributed by atoms with Crippen molar-refractivity contribution in [3.63, 3.8) is 0 Å². The summed E-state index contributed by atoms with van der Waals surface area (Å²) in [5.74, 6) is -2.18. The fraction of sp³-hybridized carbons (Fsp3) is 0.154. The molecule has 0 saturated carbocycles. The largest absolute Gasteiger partial charge is 0.449 e. The predicted molar refractivity (Wildman–Crippen MR) is 68.7 cm³/mol. The number of imide groups is 1. The second kappa shape index (κ2) is 7.03. The highest BCUT2D eigenvalue weighted by atomic mass is 19.1. The SMILES string of the molecule is C[C@@H](OC(=O)/C=C/c1ccccc1F)C(=O)NC(N)=O. The first-order valence-electron chi connectivity index (χ1n) is 5.63. The van der Waals surface area contributed by atoms with E-state index in [0.29, 0.717) is 0 Å². The maximum Gasteiger partial charge on any atom is 0.331 e. The lowest BCUT2D eigenvalue weighted by Gasteiger charge is -2.10. The Bertz CT molecular complexity index is 557. The third-order valence-corrected chi connectivity index (χ3v) is 2.21. The number of benzene rings is 1. The second-order valence-electron chi connectivity index (χ2n) is 3.79. The van der Waals surface area contributed by atoms with Crippen LogP contribution in [0.3, 0.4) is 0 Å². The molecule has 0 saturated heterocycles. The molecule has 3 N–H and O–H groups in total. The van der Waals surface area contributed by atoms with E-state index in [2.05, 4.69) is 0 Å². The van der Waals surface area contributed by atoms with Crippen molar-refractivity contribution in [2.24, 2.45) is 5.73 Å². The van der Waals surface area contributed by atoms with Crippen molar-refractivity contribution >= 4 is 24.0 Å². The number of amides is 3. The average molecular weight is 280 g/mol. The maximum absolute atomic E-state index is 13.3. The number of rotatable bonds is 4.